The largest absolute Gasteiger partial charge is 0.490 e. The van der Waals surface area contributed by atoms with Crippen molar-refractivity contribution in [1.29, 1.82) is 5.26 Å². The van der Waals surface area contributed by atoms with Crippen molar-refractivity contribution in [2.45, 2.75) is 38.3 Å². The lowest BCUT2D eigenvalue weighted by Gasteiger charge is -2.17. The smallest absolute Gasteiger partial charge is 0.258 e. The first-order chi connectivity index (χ1) is 15.6. The highest BCUT2D eigenvalue weighted by molar-refractivity contribution is 5.69. The number of nitriles is 1. The molecule has 0 amide bonds. The molecule has 3 unspecified atom stereocenters. The lowest BCUT2D eigenvalue weighted by molar-refractivity contribution is 0.194. The second kappa shape index (κ2) is 8.38. The molecule has 2 aliphatic carbocycles. The van der Waals surface area contributed by atoms with E-state index in [1.54, 1.807) is 19.2 Å². The summed E-state index contributed by atoms with van der Waals surface area (Å²) in [5, 5.41) is 17.4. The van der Waals surface area contributed by atoms with Crippen molar-refractivity contribution in [3.05, 3.63) is 53.1 Å². The zero-order valence-electron chi connectivity index (χ0n) is 18.5. The van der Waals surface area contributed by atoms with Gasteiger partial charge in [-0.3, -0.25) is 0 Å². The molecule has 0 bridgehead atoms. The molecule has 7 heteroatoms. The number of hydrogen-bond donors (Lipinski definition) is 1. The van der Waals surface area contributed by atoms with Crippen molar-refractivity contribution in [2.75, 3.05) is 20.3 Å². The number of fused-ring (bicyclic) bond motifs is 3. The van der Waals surface area contributed by atoms with Gasteiger partial charge >= 0.3 is 0 Å². The van der Waals surface area contributed by atoms with Crippen LogP contribution in [0.5, 0.6) is 5.75 Å². The number of methoxy groups -OCH3 is 1. The molecule has 1 fully saturated rings. The summed E-state index contributed by atoms with van der Waals surface area (Å²) in [5.41, 5.74) is 4.84. The van der Waals surface area contributed by atoms with Gasteiger partial charge < -0.3 is 19.3 Å². The van der Waals surface area contributed by atoms with Crippen molar-refractivity contribution < 1.29 is 14.0 Å². The van der Waals surface area contributed by atoms with Crippen molar-refractivity contribution in [1.82, 2.24) is 15.5 Å². The summed E-state index contributed by atoms with van der Waals surface area (Å²) in [7, 11) is 1.72. The number of hydrogen-bond acceptors (Lipinski definition) is 7. The lowest BCUT2D eigenvalue weighted by atomic mass is 9.97. The van der Waals surface area contributed by atoms with Crippen LogP contribution in [0.4, 0.5) is 0 Å². The second-order valence-electron chi connectivity index (χ2n) is 8.65. The molecule has 32 heavy (non-hydrogen) atoms. The maximum Gasteiger partial charge on any atom is 0.258 e. The van der Waals surface area contributed by atoms with Gasteiger partial charge in [-0.25, -0.2) is 0 Å². The Bertz CT molecular complexity index is 1180. The number of ether oxygens (including phenoxy) is 2. The third-order valence-corrected chi connectivity index (χ3v) is 6.16. The van der Waals surface area contributed by atoms with Gasteiger partial charge in [0.1, 0.15) is 11.8 Å². The minimum atomic E-state index is -0.0119. The Morgan fingerprint density at radius 1 is 1.28 bits per heavy atom. The molecular formula is C25H26N4O3. The molecule has 5 rings (SSSR count). The van der Waals surface area contributed by atoms with Crippen LogP contribution < -0.4 is 10.1 Å². The number of nitrogens with zero attached hydrogens (tertiary/aromatic N) is 3. The number of aromatic nitrogens is 2. The average Bonchev–Trinajstić information content (AvgIpc) is 3.29. The third kappa shape index (κ3) is 3.66. The van der Waals surface area contributed by atoms with Crippen molar-refractivity contribution in [3.63, 3.8) is 0 Å². The van der Waals surface area contributed by atoms with Crippen molar-refractivity contribution >= 4 is 0 Å². The van der Waals surface area contributed by atoms with E-state index in [1.165, 1.54) is 17.5 Å². The highest BCUT2D eigenvalue weighted by Gasteiger charge is 2.52. The summed E-state index contributed by atoms with van der Waals surface area (Å²) in [6.45, 7) is 5.39. The summed E-state index contributed by atoms with van der Waals surface area (Å²) in [4.78, 5) is 4.68. The molecule has 1 saturated carbocycles. The van der Waals surface area contributed by atoms with Crippen LogP contribution in [0.1, 0.15) is 48.9 Å². The first-order valence-corrected chi connectivity index (χ1v) is 11.0. The number of rotatable bonds is 8. The van der Waals surface area contributed by atoms with Crippen LogP contribution in [0.3, 0.4) is 0 Å². The Morgan fingerprint density at radius 3 is 2.94 bits per heavy atom. The fourth-order valence-electron chi connectivity index (χ4n) is 4.74. The predicted octanol–water partition coefficient (Wildman–Crippen LogP) is 4.46. The highest BCUT2D eigenvalue weighted by atomic mass is 16.5. The molecule has 7 nitrogen and oxygen atoms in total. The summed E-state index contributed by atoms with van der Waals surface area (Å²) < 4.78 is 16.5. The van der Waals surface area contributed by atoms with E-state index in [0.717, 1.165) is 12.1 Å². The molecule has 3 atom stereocenters. The summed E-state index contributed by atoms with van der Waals surface area (Å²) in [6, 6.07) is 14.2. The monoisotopic (exact) mass is 430 g/mol. The van der Waals surface area contributed by atoms with Gasteiger partial charge in [-0.15, -0.1) is 0 Å². The van der Waals surface area contributed by atoms with Crippen LogP contribution >= 0.6 is 0 Å². The molecule has 0 saturated heterocycles. The van der Waals surface area contributed by atoms with Crippen LogP contribution in [0.25, 0.3) is 22.8 Å². The standard InChI is InChI=1S/C25H26N4O3/c1-14(2)31-21-8-7-15(11-16(21)13-26)25-28-24(29-32-25)18-6-4-5-17-22(18)19-12-20(19)23(17)27-9-10-30-3/h4-8,11,14,19-20,23,27H,9-10,12H2,1-3H3. The van der Waals surface area contributed by atoms with Gasteiger partial charge in [0, 0.05) is 30.8 Å². The lowest BCUT2D eigenvalue weighted by Crippen LogP contribution is -2.25. The topological polar surface area (TPSA) is 93.2 Å². The molecule has 164 valence electrons. The van der Waals surface area contributed by atoms with E-state index >= 15 is 0 Å². The molecule has 3 aromatic rings. The number of nitrogens with one attached hydrogen (secondary N) is 1. The minimum Gasteiger partial charge on any atom is -0.490 e. The minimum absolute atomic E-state index is 0.0119. The Balaban J connectivity index is 1.44. The van der Waals surface area contributed by atoms with Gasteiger partial charge in [-0.1, -0.05) is 23.4 Å². The summed E-state index contributed by atoms with van der Waals surface area (Å²) >= 11 is 0. The maximum atomic E-state index is 9.52. The SMILES string of the molecule is COCCNC1c2cccc(-c3noc(-c4ccc(OC(C)C)c(C#N)c4)n3)c2C2CC21. The van der Waals surface area contributed by atoms with Crippen LogP contribution in [0.2, 0.25) is 0 Å². The zero-order chi connectivity index (χ0) is 22.2. The Morgan fingerprint density at radius 2 is 2.16 bits per heavy atom. The van der Waals surface area contributed by atoms with E-state index in [-0.39, 0.29) is 6.10 Å². The predicted molar refractivity (Wildman–Crippen MR) is 119 cm³/mol. The molecule has 2 aromatic carbocycles. The van der Waals surface area contributed by atoms with Gasteiger partial charge in [-0.2, -0.15) is 10.2 Å². The van der Waals surface area contributed by atoms with E-state index in [2.05, 4.69) is 39.7 Å². The highest BCUT2D eigenvalue weighted by Crippen LogP contribution is 2.63. The first kappa shape index (κ1) is 20.7. The molecule has 0 aliphatic heterocycles. The molecule has 1 aromatic heterocycles. The van der Waals surface area contributed by atoms with Gasteiger partial charge in [0.25, 0.3) is 5.89 Å². The van der Waals surface area contributed by atoms with Crippen LogP contribution in [0, 0.1) is 17.2 Å². The number of benzene rings is 2. The Labute approximate surface area is 187 Å². The Kier molecular flexibility index (Phi) is 5.41. The first-order valence-electron chi connectivity index (χ1n) is 11.0. The van der Waals surface area contributed by atoms with Gasteiger partial charge in [0.2, 0.25) is 5.82 Å². The zero-order valence-corrected chi connectivity index (χ0v) is 18.5. The van der Waals surface area contributed by atoms with E-state index < -0.39 is 0 Å². The van der Waals surface area contributed by atoms with Crippen molar-refractivity contribution in [2.24, 2.45) is 5.92 Å². The molecule has 0 spiro atoms. The van der Waals surface area contributed by atoms with Crippen LogP contribution in [-0.4, -0.2) is 36.5 Å². The van der Waals surface area contributed by atoms with E-state index in [1.807, 2.05) is 19.9 Å². The normalized spacial score (nSPS) is 20.7. The molecular weight excluding hydrogens is 404 g/mol. The van der Waals surface area contributed by atoms with Gasteiger partial charge in [-0.05, 0) is 61.4 Å². The second-order valence-corrected chi connectivity index (χ2v) is 8.65. The Hall–Kier alpha value is -3.21. The van der Waals surface area contributed by atoms with Crippen LogP contribution in [-0.2, 0) is 4.74 Å². The molecule has 0 radical (unpaired) electrons. The fraction of sp³-hybridized carbons (Fsp3) is 0.400. The third-order valence-electron chi connectivity index (χ3n) is 6.16. The molecule has 1 N–H and O–H groups in total. The van der Waals surface area contributed by atoms with E-state index in [0.29, 0.717) is 53.1 Å². The van der Waals surface area contributed by atoms with E-state index in [4.69, 9.17) is 14.0 Å². The van der Waals surface area contributed by atoms with Crippen molar-refractivity contribution in [3.8, 4) is 34.7 Å². The van der Waals surface area contributed by atoms with Gasteiger partial charge in [0.05, 0.1) is 18.3 Å². The molecule has 2 aliphatic rings. The van der Waals surface area contributed by atoms with E-state index in [9.17, 15) is 5.26 Å². The van der Waals surface area contributed by atoms with Crippen LogP contribution in [0.15, 0.2) is 40.9 Å². The average molecular weight is 431 g/mol. The summed E-state index contributed by atoms with van der Waals surface area (Å²) in [6.07, 6.45) is 1.17. The maximum absolute atomic E-state index is 9.52. The quantitative estimate of drug-likeness (QED) is 0.528. The fourth-order valence-corrected chi connectivity index (χ4v) is 4.74. The van der Waals surface area contributed by atoms with Gasteiger partial charge in [0.15, 0.2) is 0 Å². The molecule has 1 heterocycles. The summed E-state index contributed by atoms with van der Waals surface area (Å²) in [5.74, 6) is 2.70.